The zero-order valence-corrected chi connectivity index (χ0v) is 12.6. The van der Waals surface area contributed by atoms with Crippen molar-refractivity contribution in [3.8, 4) is 0 Å². The van der Waals surface area contributed by atoms with Crippen LogP contribution in [0.4, 0.5) is 0 Å². The van der Waals surface area contributed by atoms with Gasteiger partial charge in [0, 0.05) is 24.0 Å². The van der Waals surface area contributed by atoms with Gasteiger partial charge in [-0.05, 0) is 37.0 Å². The van der Waals surface area contributed by atoms with E-state index in [4.69, 9.17) is 0 Å². The van der Waals surface area contributed by atoms with Gasteiger partial charge in [-0.3, -0.25) is 25.1 Å². The van der Waals surface area contributed by atoms with Crippen LogP contribution < -0.4 is 10.9 Å². The summed E-state index contributed by atoms with van der Waals surface area (Å²) in [6.07, 6.45) is 4.50. The summed E-state index contributed by atoms with van der Waals surface area (Å²) in [5.74, 6) is -0.301. The predicted molar refractivity (Wildman–Crippen MR) is 78.7 cm³/mol. The van der Waals surface area contributed by atoms with Crippen molar-refractivity contribution in [2.45, 2.75) is 19.3 Å². The van der Waals surface area contributed by atoms with Crippen LogP contribution in [-0.2, 0) is 11.8 Å². The first-order valence-electron chi connectivity index (χ1n) is 6.70. The number of hydrogen-bond donors (Lipinski definition) is 2. The molecule has 110 valence electrons. The van der Waals surface area contributed by atoms with E-state index >= 15 is 0 Å². The van der Waals surface area contributed by atoms with Crippen molar-refractivity contribution >= 4 is 23.2 Å². The summed E-state index contributed by atoms with van der Waals surface area (Å²) < 4.78 is 1.73. The van der Waals surface area contributed by atoms with Gasteiger partial charge in [-0.2, -0.15) is 5.10 Å². The molecular formula is C14H16N4O2S. The lowest BCUT2D eigenvalue weighted by molar-refractivity contribution is -0.123. The quantitative estimate of drug-likeness (QED) is 0.841. The largest absolute Gasteiger partial charge is 0.279 e. The van der Waals surface area contributed by atoms with Crippen molar-refractivity contribution < 1.29 is 9.59 Å². The second-order valence-electron chi connectivity index (χ2n) is 5.25. The van der Waals surface area contributed by atoms with Gasteiger partial charge in [0.25, 0.3) is 5.91 Å². The maximum atomic E-state index is 12.0. The topological polar surface area (TPSA) is 76.0 Å². The molecule has 21 heavy (non-hydrogen) atoms. The normalized spacial score (nSPS) is 20.1. The van der Waals surface area contributed by atoms with Crippen LogP contribution in [0.25, 0.3) is 0 Å². The predicted octanol–water partition coefficient (Wildman–Crippen LogP) is 1.35. The zero-order valence-electron chi connectivity index (χ0n) is 11.8. The molecule has 0 bridgehead atoms. The number of thiophene rings is 1. The number of nitrogens with one attached hydrogen (secondary N) is 2. The van der Waals surface area contributed by atoms with Crippen molar-refractivity contribution in [1.29, 1.82) is 0 Å². The van der Waals surface area contributed by atoms with Gasteiger partial charge in [0.1, 0.15) is 0 Å². The first kappa shape index (κ1) is 13.8. The maximum Gasteiger partial charge on any atom is 0.279 e. The van der Waals surface area contributed by atoms with Crippen molar-refractivity contribution in [1.82, 2.24) is 20.6 Å². The summed E-state index contributed by atoms with van der Waals surface area (Å²) in [6.45, 7) is 1.93. The molecule has 0 saturated heterocycles. The Labute approximate surface area is 126 Å². The summed E-state index contributed by atoms with van der Waals surface area (Å²) in [7, 11) is 1.85. The number of carbonyl (C=O) groups is 2. The van der Waals surface area contributed by atoms with Gasteiger partial charge in [0.15, 0.2) is 0 Å². The van der Waals surface area contributed by atoms with Crippen molar-refractivity contribution in [2.75, 3.05) is 0 Å². The molecule has 2 aromatic heterocycles. The molecule has 0 aromatic carbocycles. The third-order valence-electron chi connectivity index (χ3n) is 3.54. The molecule has 0 spiro atoms. The second-order valence-corrected chi connectivity index (χ2v) is 6.54. The minimum absolute atomic E-state index is 0.0837. The Hall–Kier alpha value is -2.15. The third-order valence-corrected chi connectivity index (χ3v) is 4.54. The van der Waals surface area contributed by atoms with Crippen molar-refractivity contribution in [3.05, 3.63) is 39.8 Å². The lowest BCUT2D eigenvalue weighted by Crippen LogP contribution is -2.42. The number of hydrazine groups is 1. The Kier molecular flexibility index (Phi) is 3.50. The molecule has 1 aliphatic rings. The molecule has 0 radical (unpaired) electrons. The van der Waals surface area contributed by atoms with Crippen LogP contribution in [0.1, 0.15) is 32.5 Å². The number of amides is 2. The number of carbonyl (C=O) groups excluding carboxylic acids is 2. The van der Waals surface area contributed by atoms with E-state index in [9.17, 15) is 9.59 Å². The second kappa shape index (κ2) is 5.33. The molecule has 1 saturated carbocycles. The van der Waals surface area contributed by atoms with Crippen LogP contribution >= 0.6 is 11.3 Å². The molecule has 2 unspecified atom stereocenters. The van der Waals surface area contributed by atoms with E-state index in [2.05, 4.69) is 16.0 Å². The zero-order chi connectivity index (χ0) is 15.0. The van der Waals surface area contributed by atoms with Gasteiger partial charge >= 0.3 is 0 Å². The van der Waals surface area contributed by atoms with E-state index < -0.39 is 0 Å². The Morgan fingerprint density at radius 2 is 2.19 bits per heavy atom. The van der Waals surface area contributed by atoms with E-state index in [0.717, 1.165) is 16.9 Å². The Balaban J connectivity index is 1.50. The van der Waals surface area contributed by atoms with E-state index in [1.165, 1.54) is 11.3 Å². The number of hydrogen-bond acceptors (Lipinski definition) is 4. The molecular weight excluding hydrogens is 288 g/mol. The van der Waals surface area contributed by atoms with Gasteiger partial charge in [-0.15, -0.1) is 11.3 Å². The Bertz CT molecular complexity index is 691. The minimum Gasteiger partial charge on any atom is -0.276 e. The van der Waals surface area contributed by atoms with Crippen molar-refractivity contribution in [2.24, 2.45) is 13.0 Å². The highest BCUT2D eigenvalue weighted by Gasteiger charge is 2.44. The SMILES string of the molecule is Cc1ccc(C(=O)NNC(=O)C2CC2c2cnn(C)c2)s1. The highest BCUT2D eigenvalue weighted by atomic mass is 32.1. The van der Waals surface area contributed by atoms with E-state index in [1.54, 1.807) is 16.9 Å². The monoisotopic (exact) mass is 304 g/mol. The lowest BCUT2D eigenvalue weighted by atomic mass is 10.2. The van der Waals surface area contributed by atoms with Crippen LogP contribution in [0.3, 0.4) is 0 Å². The summed E-state index contributed by atoms with van der Waals surface area (Å²) in [6, 6.07) is 3.62. The number of nitrogens with zero attached hydrogens (tertiary/aromatic N) is 2. The summed E-state index contributed by atoms with van der Waals surface area (Å²) in [5.41, 5.74) is 6.03. The van der Waals surface area contributed by atoms with Gasteiger partial charge in [-0.1, -0.05) is 0 Å². The van der Waals surface area contributed by atoms with Crippen molar-refractivity contribution in [3.63, 3.8) is 0 Å². The minimum atomic E-state index is -0.278. The molecule has 3 rings (SSSR count). The highest BCUT2D eigenvalue weighted by Crippen LogP contribution is 2.47. The molecule has 1 fully saturated rings. The summed E-state index contributed by atoms with van der Waals surface area (Å²) in [5, 5.41) is 4.10. The van der Waals surface area contributed by atoms with E-state index in [0.29, 0.717) is 4.88 Å². The first-order valence-corrected chi connectivity index (χ1v) is 7.51. The average Bonchev–Trinajstić information content (AvgIpc) is 2.95. The maximum absolute atomic E-state index is 12.0. The summed E-state index contributed by atoms with van der Waals surface area (Å²) in [4.78, 5) is 25.5. The molecule has 6 nitrogen and oxygen atoms in total. The van der Waals surface area contributed by atoms with Crippen LogP contribution in [0.5, 0.6) is 0 Å². The fraction of sp³-hybridized carbons (Fsp3) is 0.357. The van der Waals surface area contributed by atoms with E-state index in [-0.39, 0.29) is 23.7 Å². The molecule has 2 amide bonds. The van der Waals surface area contributed by atoms with Crippen LogP contribution in [-0.4, -0.2) is 21.6 Å². The average molecular weight is 304 g/mol. The molecule has 2 aromatic rings. The smallest absolute Gasteiger partial charge is 0.276 e. The van der Waals surface area contributed by atoms with Gasteiger partial charge in [0.05, 0.1) is 11.1 Å². The standard InChI is InChI=1S/C14H16N4O2S/c1-8-3-4-12(21-8)14(20)17-16-13(19)11-5-10(11)9-6-15-18(2)7-9/h3-4,6-7,10-11H,5H2,1-2H3,(H,16,19)(H,17,20). The van der Waals surface area contributed by atoms with E-state index in [1.807, 2.05) is 26.2 Å². The molecule has 2 heterocycles. The van der Waals surface area contributed by atoms with Gasteiger partial charge in [-0.25, -0.2) is 0 Å². The van der Waals surface area contributed by atoms with Crippen LogP contribution in [0, 0.1) is 12.8 Å². The first-order chi connectivity index (χ1) is 10.0. The fourth-order valence-electron chi connectivity index (χ4n) is 2.31. The highest BCUT2D eigenvalue weighted by molar-refractivity contribution is 7.13. The number of aryl methyl sites for hydroxylation is 2. The number of rotatable bonds is 3. The Morgan fingerprint density at radius 1 is 1.38 bits per heavy atom. The lowest BCUT2D eigenvalue weighted by Gasteiger charge is -2.05. The number of aromatic nitrogens is 2. The molecule has 0 aliphatic heterocycles. The van der Waals surface area contributed by atoms with Gasteiger partial charge < -0.3 is 0 Å². The third kappa shape index (κ3) is 2.97. The van der Waals surface area contributed by atoms with Crippen LogP contribution in [0.15, 0.2) is 24.5 Å². The molecule has 1 aliphatic carbocycles. The van der Waals surface area contributed by atoms with Gasteiger partial charge in [0.2, 0.25) is 5.91 Å². The van der Waals surface area contributed by atoms with Crippen LogP contribution in [0.2, 0.25) is 0 Å². The summed E-state index contributed by atoms with van der Waals surface area (Å²) >= 11 is 1.40. The molecule has 7 heteroatoms. The fourth-order valence-corrected chi connectivity index (χ4v) is 3.08. The molecule has 2 N–H and O–H groups in total. The molecule has 2 atom stereocenters. The Morgan fingerprint density at radius 3 is 2.81 bits per heavy atom.